The van der Waals surface area contributed by atoms with Crippen molar-refractivity contribution < 1.29 is 36.7 Å². The second-order valence-electron chi connectivity index (χ2n) is 11.5. The van der Waals surface area contributed by atoms with Crippen molar-refractivity contribution in [2.24, 2.45) is 0 Å². The molecule has 1 N–H and O–H groups in total. The Morgan fingerprint density at radius 2 is 1.85 bits per heavy atom. The molecular formula is C33H30F4N6O4. The van der Waals surface area contributed by atoms with E-state index in [-0.39, 0.29) is 41.6 Å². The number of fused-ring (bicyclic) bond motifs is 1. The predicted molar refractivity (Wildman–Crippen MR) is 160 cm³/mol. The highest BCUT2D eigenvalue weighted by molar-refractivity contribution is 6.07. The number of nitrogens with one attached hydrogen (secondary N) is 1. The van der Waals surface area contributed by atoms with Gasteiger partial charge in [0.1, 0.15) is 29.4 Å². The Hall–Kier alpha value is -5.03. The molecule has 244 valence electrons. The number of nitrogens with zero attached hydrogens (tertiary/aromatic N) is 5. The van der Waals surface area contributed by atoms with Crippen LogP contribution in [0.2, 0.25) is 0 Å². The highest BCUT2D eigenvalue weighted by atomic mass is 19.4. The van der Waals surface area contributed by atoms with Crippen molar-refractivity contribution in [2.75, 3.05) is 31.2 Å². The van der Waals surface area contributed by atoms with Crippen LogP contribution >= 0.6 is 0 Å². The largest absolute Gasteiger partial charge is 0.416 e. The average molecular weight is 651 g/mol. The minimum Gasteiger partial charge on any atom is -0.381 e. The van der Waals surface area contributed by atoms with E-state index < -0.39 is 47.2 Å². The number of anilines is 1. The van der Waals surface area contributed by atoms with Crippen LogP contribution in [-0.4, -0.2) is 64.7 Å². The van der Waals surface area contributed by atoms with Gasteiger partial charge in [-0.15, -0.1) is 0 Å². The molecule has 14 heteroatoms. The molecule has 1 fully saturated rings. The zero-order chi connectivity index (χ0) is 33.5. The van der Waals surface area contributed by atoms with Gasteiger partial charge >= 0.3 is 6.18 Å². The van der Waals surface area contributed by atoms with E-state index in [2.05, 4.69) is 5.32 Å². The van der Waals surface area contributed by atoms with Gasteiger partial charge in [0.2, 0.25) is 0 Å². The summed E-state index contributed by atoms with van der Waals surface area (Å²) >= 11 is 0. The maximum atomic E-state index is 14.4. The van der Waals surface area contributed by atoms with Gasteiger partial charge in [-0.1, -0.05) is 18.2 Å². The Labute approximate surface area is 267 Å². The predicted octanol–water partition coefficient (Wildman–Crippen LogP) is 4.94. The van der Waals surface area contributed by atoms with Crippen molar-refractivity contribution in [3.8, 4) is 6.07 Å². The van der Waals surface area contributed by atoms with Crippen molar-refractivity contribution in [3.05, 3.63) is 94.1 Å². The fourth-order valence-electron chi connectivity index (χ4n) is 6.46. The number of nitriles is 1. The van der Waals surface area contributed by atoms with Crippen LogP contribution in [0, 0.1) is 17.1 Å². The van der Waals surface area contributed by atoms with Gasteiger partial charge < -0.3 is 10.1 Å². The second-order valence-corrected chi connectivity index (χ2v) is 11.5. The second kappa shape index (κ2) is 12.6. The summed E-state index contributed by atoms with van der Waals surface area (Å²) in [5, 5.41) is 17.1. The van der Waals surface area contributed by atoms with Gasteiger partial charge in [-0.25, -0.2) is 9.07 Å². The third-order valence-electron chi connectivity index (χ3n) is 8.72. The summed E-state index contributed by atoms with van der Waals surface area (Å²) in [5.41, 5.74) is -0.610. The van der Waals surface area contributed by atoms with Gasteiger partial charge in [0.05, 0.1) is 11.6 Å². The smallest absolute Gasteiger partial charge is 0.381 e. The van der Waals surface area contributed by atoms with E-state index in [4.69, 9.17) is 9.84 Å². The molecule has 0 aliphatic carbocycles. The number of alkyl halides is 3. The lowest BCUT2D eigenvalue weighted by molar-refractivity contribution is -0.137. The lowest BCUT2D eigenvalue weighted by Crippen LogP contribution is -2.56. The van der Waals surface area contributed by atoms with Crippen LogP contribution in [-0.2, 0) is 15.7 Å². The molecule has 0 unspecified atom stereocenters. The lowest BCUT2D eigenvalue weighted by Gasteiger charge is -2.39. The third kappa shape index (κ3) is 5.87. The standard InChI is InChI=1S/C33H30F4N6O4/c1-2-41-30-26(28(32(46)42-14-4-7-24(42)18-38)40-43(30)23-12-15-47-16-13-23)25(19-8-10-22(34)11-9-19)27(31(41)45)39-29(44)20-5-3-6-21(17-20)33(35,36)37/h3,5-11,17,23,25,27H,2,4,12-16H2,1H3,(H,39,44)/t25-,27-/m0/s1. The molecule has 1 saturated heterocycles. The van der Waals surface area contributed by atoms with Crippen LogP contribution < -0.4 is 10.2 Å². The van der Waals surface area contributed by atoms with Gasteiger partial charge in [0.15, 0.2) is 5.69 Å². The number of aromatic nitrogens is 2. The summed E-state index contributed by atoms with van der Waals surface area (Å²) in [6.45, 7) is 2.90. The summed E-state index contributed by atoms with van der Waals surface area (Å²) in [6.07, 6.45) is -1.54. The molecule has 0 saturated carbocycles. The number of ether oxygens (including phenoxy) is 1. The normalized spacial score (nSPS) is 20.1. The topological polar surface area (TPSA) is 121 Å². The number of carbonyl (C=O) groups excluding carboxylic acids is 3. The highest BCUT2D eigenvalue weighted by Crippen LogP contribution is 2.45. The third-order valence-corrected chi connectivity index (χ3v) is 8.72. The van der Waals surface area contributed by atoms with Crippen LogP contribution in [0.4, 0.5) is 23.4 Å². The SMILES string of the molecule is CCN1C(=O)[C@@H](NC(=O)c2cccc(C(F)(F)F)c2)[C@@H](c2ccc(F)cc2)c2c(C(=O)N3CCC=C3C#N)nn(C3CCOCC3)c21. The van der Waals surface area contributed by atoms with E-state index in [1.54, 1.807) is 17.7 Å². The molecule has 47 heavy (non-hydrogen) atoms. The molecule has 6 rings (SSSR count). The molecule has 2 aromatic carbocycles. The molecule has 0 radical (unpaired) electrons. The molecule has 10 nitrogen and oxygen atoms in total. The minimum absolute atomic E-state index is 0.0480. The van der Waals surface area contributed by atoms with Crippen molar-refractivity contribution in [2.45, 2.75) is 50.4 Å². The molecule has 3 aliphatic heterocycles. The van der Waals surface area contributed by atoms with Crippen LogP contribution in [0.5, 0.6) is 0 Å². The van der Waals surface area contributed by atoms with Crippen LogP contribution in [0.1, 0.15) is 75.7 Å². The molecule has 3 aromatic rings. The number of carbonyl (C=O) groups is 3. The van der Waals surface area contributed by atoms with Gasteiger partial charge in [-0.05, 0) is 68.2 Å². The van der Waals surface area contributed by atoms with Crippen molar-refractivity contribution in [1.29, 1.82) is 5.26 Å². The Bertz CT molecular complexity index is 1790. The Kier molecular flexibility index (Phi) is 8.59. The van der Waals surface area contributed by atoms with E-state index in [0.717, 1.165) is 12.1 Å². The summed E-state index contributed by atoms with van der Waals surface area (Å²) < 4.78 is 61.8. The molecule has 1 aromatic heterocycles. The molecule has 4 heterocycles. The highest BCUT2D eigenvalue weighted by Gasteiger charge is 2.48. The van der Waals surface area contributed by atoms with Crippen molar-refractivity contribution in [3.63, 3.8) is 0 Å². The van der Waals surface area contributed by atoms with E-state index in [1.807, 2.05) is 6.07 Å². The van der Waals surface area contributed by atoms with Crippen LogP contribution in [0.3, 0.4) is 0 Å². The number of likely N-dealkylation sites (N-methyl/N-ethyl adjacent to an activating group) is 1. The van der Waals surface area contributed by atoms with E-state index in [9.17, 15) is 37.2 Å². The Balaban J connectivity index is 1.54. The molecule has 0 bridgehead atoms. The number of hydrogen-bond acceptors (Lipinski definition) is 6. The van der Waals surface area contributed by atoms with E-state index in [0.29, 0.717) is 49.9 Å². The Morgan fingerprint density at radius 1 is 1.13 bits per heavy atom. The van der Waals surface area contributed by atoms with E-state index >= 15 is 0 Å². The number of hydrogen-bond donors (Lipinski definition) is 1. The number of rotatable bonds is 6. The molecule has 3 amide bonds. The van der Waals surface area contributed by atoms with Crippen molar-refractivity contribution in [1.82, 2.24) is 20.0 Å². The first-order valence-electron chi connectivity index (χ1n) is 15.2. The maximum Gasteiger partial charge on any atom is 0.416 e. The first kappa shape index (κ1) is 31.9. The fourth-order valence-corrected chi connectivity index (χ4v) is 6.46. The minimum atomic E-state index is -4.71. The maximum absolute atomic E-state index is 14.4. The summed E-state index contributed by atoms with van der Waals surface area (Å²) in [6, 6.07) is 9.40. The number of amides is 3. The monoisotopic (exact) mass is 650 g/mol. The molecular weight excluding hydrogens is 620 g/mol. The summed E-state index contributed by atoms with van der Waals surface area (Å²) in [7, 11) is 0. The number of benzene rings is 2. The van der Waals surface area contributed by atoms with Crippen LogP contribution in [0.25, 0.3) is 0 Å². The lowest BCUT2D eigenvalue weighted by atomic mass is 9.80. The Morgan fingerprint density at radius 3 is 2.51 bits per heavy atom. The van der Waals surface area contributed by atoms with Gasteiger partial charge in [-0.3, -0.25) is 24.2 Å². The van der Waals surface area contributed by atoms with Crippen LogP contribution in [0.15, 0.2) is 60.3 Å². The number of halogens is 4. The zero-order valence-electron chi connectivity index (χ0n) is 25.3. The molecule has 2 atom stereocenters. The first-order valence-corrected chi connectivity index (χ1v) is 15.2. The van der Waals surface area contributed by atoms with E-state index in [1.165, 1.54) is 40.1 Å². The summed E-state index contributed by atoms with van der Waals surface area (Å²) in [4.78, 5) is 44.9. The molecule has 3 aliphatic rings. The van der Waals surface area contributed by atoms with Gasteiger partial charge in [0.25, 0.3) is 17.7 Å². The summed E-state index contributed by atoms with van der Waals surface area (Å²) in [5.74, 6) is -3.45. The van der Waals surface area contributed by atoms with Gasteiger partial charge in [-0.2, -0.15) is 23.5 Å². The quantitative estimate of drug-likeness (QED) is 0.378. The van der Waals surface area contributed by atoms with Crippen molar-refractivity contribution >= 4 is 23.5 Å². The van der Waals surface area contributed by atoms with Gasteiger partial charge in [0, 0.05) is 43.3 Å². The zero-order valence-corrected chi connectivity index (χ0v) is 25.3. The first-order chi connectivity index (χ1) is 22.5. The molecule has 0 spiro atoms. The fraction of sp³-hybridized carbons (Fsp3) is 0.364. The average Bonchev–Trinajstić information content (AvgIpc) is 3.71. The number of allylic oxidation sites excluding steroid dienone is 1.